The molecule has 1 amide bonds. The number of thiophene rings is 1. The Morgan fingerprint density at radius 2 is 1.84 bits per heavy atom. The zero-order valence-corrected chi connectivity index (χ0v) is 18.9. The molecule has 0 aliphatic carbocycles. The molecule has 4 rings (SSSR count). The van der Waals surface area contributed by atoms with Crippen molar-refractivity contribution < 1.29 is 4.79 Å². The summed E-state index contributed by atoms with van der Waals surface area (Å²) in [5, 5.41) is 5.38. The second-order valence-corrected chi connectivity index (χ2v) is 8.99. The summed E-state index contributed by atoms with van der Waals surface area (Å²) in [4.78, 5) is 30.9. The van der Waals surface area contributed by atoms with Crippen molar-refractivity contribution in [3.8, 4) is 11.1 Å². The van der Waals surface area contributed by atoms with Crippen LogP contribution in [0.2, 0.25) is 0 Å². The third-order valence-electron chi connectivity index (χ3n) is 5.55. The predicted octanol–water partition coefficient (Wildman–Crippen LogP) is 5.50. The van der Waals surface area contributed by atoms with Crippen LogP contribution >= 0.6 is 11.3 Å². The summed E-state index contributed by atoms with van der Waals surface area (Å²) in [6.45, 7) is 8.28. The Hall–Kier alpha value is -3.25. The molecule has 0 saturated heterocycles. The molecule has 0 spiro atoms. The summed E-state index contributed by atoms with van der Waals surface area (Å²) < 4.78 is 1.37. The maximum absolute atomic E-state index is 13.2. The van der Waals surface area contributed by atoms with Gasteiger partial charge in [0.15, 0.2) is 0 Å². The van der Waals surface area contributed by atoms with Crippen molar-refractivity contribution >= 4 is 33.1 Å². The zero-order valence-electron chi connectivity index (χ0n) is 18.1. The third kappa shape index (κ3) is 4.30. The fourth-order valence-electron chi connectivity index (χ4n) is 3.51. The van der Waals surface area contributed by atoms with E-state index < -0.39 is 0 Å². The summed E-state index contributed by atoms with van der Waals surface area (Å²) in [6.07, 6.45) is 1.45. The number of nitrogens with one attached hydrogen (secondary N) is 1. The van der Waals surface area contributed by atoms with Crippen molar-refractivity contribution in [1.29, 1.82) is 0 Å². The molecule has 0 fully saturated rings. The molecule has 0 aliphatic heterocycles. The number of nitrogens with zero attached hydrogens (tertiary/aromatic N) is 2. The maximum atomic E-state index is 13.2. The zero-order chi connectivity index (χ0) is 22.1. The molecule has 6 heteroatoms. The Kier molecular flexibility index (Phi) is 5.74. The number of hydrogen-bond acceptors (Lipinski definition) is 4. The lowest BCUT2D eigenvalue weighted by atomic mass is 10.0. The van der Waals surface area contributed by atoms with Crippen LogP contribution in [0.4, 0.5) is 5.69 Å². The van der Waals surface area contributed by atoms with E-state index in [1.54, 1.807) is 0 Å². The Balaban J connectivity index is 1.61. The number of rotatable bonds is 5. The fourth-order valence-corrected chi connectivity index (χ4v) is 4.41. The van der Waals surface area contributed by atoms with Crippen LogP contribution in [0, 0.1) is 13.8 Å². The van der Waals surface area contributed by atoms with Gasteiger partial charge in [-0.25, -0.2) is 4.98 Å². The molecule has 0 saturated carbocycles. The van der Waals surface area contributed by atoms with E-state index in [4.69, 9.17) is 0 Å². The van der Waals surface area contributed by atoms with Crippen molar-refractivity contribution in [2.75, 3.05) is 5.32 Å². The monoisotopic (exact) mass is 431 g/mol. The standard InChI is InChI=1S/C25H25N3O2S/c1-15(2)18-7-9-20(10-8-18)27-22(29)12-28-14-26-24-23(25(28)30)21(13-31-24)19-6-5-16(3)17(4)11-19/h5-11,13-15H,12H2,1-4H3,(H,27,29). The smallest absolute Gasteiger partial charge is 0.263 e. The molecule has 0 atom stereocenters. The Labute approximate surface area is 185 Å². The largest absolute Gasteiger partial charge is 0.325 e. The minimum atomic E-state index is -0.261. The molecule has 0 aliphatic rings. The van der Waals surface area contributed by atoms with Gasteiger partial charge in [-0.15, -0.1) is 11.3 Å². The van der Waals surface area contributed by atoms with Gasteiger partial charge in [-0.1, -0.05) is 44.2 Å². The summed E-state index contributed by atoms with van der Waals surface area (Å²) in [6, 6.07) is 13.9. The number of aromatic nitrogens is 2. The summed E-state index contributed by atoms with van der Waals surface area (Å²) in [5.41, 5.74) is 5.94. The average Bonchev–Trinajstić information content (AvgIpc) is 3.17. The average molecular weight is 432 g/mol. The molecular formula is C25H25N3O2S. The number of anilines is 1. The van der Waals surface area contributed by atoms with Gasteiger partial charge in [-0.3, -0.25) is 14.2 Å². The van der Waals surface area contributed by atoms with Crippen LogP contribution < -0.4 is 10.9 Å². The van der Waals surface area contributed by atoms with Gasteiger partial charge >= 0.3 is 0 Å². The van der Waals surface area contributed by atoms with Crippen molar-refractivity contribution in [2.24, 2.45) is 0 Å². The lowest BCUT2D eigenvalue weighted by Crippen LogP contribution is -2.27. The SMILES string of the molecule is Cc1ccc(-c2csc3ncn(CC(=O)Nc4ccc(C(C)C)cc4)c(=O)c23)cc1C. The van der Waals surface area contributed by atoms with Gasteiger partial charge in [0.2, 0.25) is 5.91 Å². The van der Waals surface area contributed by atoms with Crippen LogP contribution in [0.5, 0.6) is 0 Å². The molecule has 0 bridgehead atoms. The van der Waals surface area contributed by atoms with Gasteiger partial charge in [0.25, 0.3) is 5.56 Å². The molecule has 0 unspecified atom stereocenters. The van der Waals surface area contributed by atoms with Gasteiger partial charge in [0, 0.05) is 16.6 Å². The molecule has 2 aromatic carbocycles. The van der Waals surface area contributed by atoms with Crippen LogP contribution in [0.3, 0.4) is 0 Å². The topological polar surface area (TPSA) is 64.0 Å². The first-order chi connectivity index (χ1) is 14.8. The van der Waals surface area contributed by atoms with E-state index in [1.807, 2.05) is 35.7 Å². The Bertz CT molecular complexity index is 1320. The number of amides is 1. The summed E-state index contributed by atoms with van der Waals surface area (Å²) in [7, 11) is 0. The quantitative estimate of drug-likeness (QED) is 0.453. The van der Waals surface area contributed by atoms with Crippen LogP contribution in [0.15, 0.2) is 59.0 Å². The normalized spacial score (nSPS) is 11.3. The third-order valence-corrected chi connectivity index (χ3v) is 6.44. The minimum Gasteiger partial charge on any atom is -0.325 e. The minimum absolute atomic E-state index is 0.0874. The van der Waals surface area contributed by atoms with Gasteiger partial charge < -0.3 is 5.32 Å². The van der Waals surface area contributed by atoms with Gasteiger partial charge in [-0.05, 0) is 54.2 Å². The predicted molar refractivity (Wildman–Crippen MR) is 128 cm³/mol. The lowest BCUT2D eigenvalue weighted by Gasteiger charge is -2.10. The number of hydrogen-bond donors (Lipinski definition) is 1. The highest BCUT2D eigenvalue weighted by molar-refractivity contribution is 7.17. The van der Waals surface area contributed by atoms with E-state index in [9.17, 15) is 9.59 Å². The number of benzene rings is 2. The van der Waals surface area contributed by atoms with Crippen molar-refractivity contribution in [2.45, 2.75) is 40.2 Å². The number of carbonyl (C=O) groups is 1. The fraction of sp³-hybridized carbons (Fsp3) is 0.240. The van der Waals surface area contributed by atoms with E-state index in [0.717, 1.165) is 11.1 Å². The number of carbonyl (C=O) groups excluding carboxylic acids is 1. The van der Waals surface area contributed by atoms with Crippen LogP contribution in [-0.4, -0.2) is 15.5 Å². The second-order valence-electron chi connectivity index (χ2n) is 8.13. The first-order valence-electron chi connectivity index (χ1n) is 10.3. The number of aryl methyl sites for hydroxylation is 2. The first kappa shape index (κ1) is 21.0. The van der Waals surface area contributed by atoms with Gasteiger partial charge in [-0.2, -0.15) is 0 Å². The second kappa shape index (κ2) is 8.47. The van der Waals surface area contributed by atoms with Crippen molar-refractivity contribution in [1.82, 2.24) is 9.55 Å². The van der Waals surface area contributed by atoms with E-state index >= 15 is 0 Å². The van der Waals surface area contributed by atoms with E-state index in [-0.39, 0.29) is 18.0 Å². The van der Waals surface area contributed by atoms with E-state index in [0.29, 0.717) is 21.8 Å². The Morgan fingerprint density at radius 3 is 2.52 bits per heavy atom. The van der Waals surface area contributed by atoms with Crippen LogP contribution in [0.1, 0.15) is 36.5 Å². The maximum Gasteiger partial charge on any atom is 0.263 e. The highest BCUT2D eigenvalue weighted by Crippen LogP contribution is 2.31. The van der Waals surface area contributed by atoms with E-state index in [2.05, 4.69) is 50.1 Å². The highest BCUT2D eigenvalue weighted by atomic mass is 32.1. The van der Waals surface area contributed by atoms with Gasteiger partial charge in [0.1, 0.15) is 11.4 Å². The summed E-state index contributed by atoms with van der Waals surface area (Å²) >= 11 is 1.44. The molecule has 5 nitrogen and oxygen atoms in total. The van der Waals surface area contributed by atoms with Crippen molar-refractivity contribution in [3.63, 3.8) is 0 Å². The first-order valence-corrected chi connectivity index (χ1v) is 11.2. The molecule has 31 heavy (non-hydrogen) atoms. The highest BCUT2D eigenvalue weighted by Gasteiger charge is 2.15. The molecule has 4 aromatic rings. The molecule has 1 N–H and O–H groups in total. The van der Waals surface area contributed by atoms with Crippen LogP contribution in [0.25, 0.3) is 21.3 Å². The Morgan fingerprint density at radius 1 is 1.10 bits per heavy atom. The number of fused-ring (bicyclic) bond motifs is 1. The molecule has 2 heterocycles. The molecule has 2 aromatic heterocycles. The van der Waals surface area contributed by atoms with Crippen molar-refractivity contribution in [3.05, 3.63) is 81.2 Å². The molecule has 0 radical (unpaired) electrons. The molecular weight excluding hydrogens is 406 g/mol. The lowest BCUT2D eigenvalue weighted by molar-refractivity contribution is -0.116. The van der Waals surface area contributed by atoms with E-state index in [1.165, 1.54) is 38.9 Å². The molecule has 158 valence electrons. The summed E-state index contributed by atoms with van der Waals surface area (Å²) in [5.74, 6) is 0.168. The van der Waals surface area contributed by atoms with Gasteiger partial charge in [0.05, 0.1) is 11.7 Å². The van der Waals surface area contributed by atoms with Crippen LogP contribution in [-0.2, 0) is 11.3 Å².